The quantitative estimate of drug-likeness (QED) is 0.317. The van der Waals surface area contributed by atoms with Gasteiger partial charge in [-0.05, 0) is 50.7 Å². The van der Waals surface area contributed by atoms with Crippen LogP contribution in [0.1, 0.15) is 30.3 Å². The third kappa shape index (κ3) is 5.77. The second kappa shape index (κ2) is 11.1. The fourth-order valence-electron chi connectivity index (χ4n) is 5.53. The summed E-state index contributed by atoms with van der Waals surface area (Å²) in [5.74, 6) is -1.97. The first-order chi connectivity index (χ1) is 19.8. The van der Waals surface area contributed by atoms with Gasteiger partial charge in [0.15, 0.2) is 11.5 Å². The van der Waals surface area contributed by atoms with Crippen LogP contribution in [0.4, 0.5) is 8.78 Å². The van der Waals surface area contributed by atoms with Gasteiger partial charge in [0.25, 0.3) is 5.92 Å². The molecule has 0 aromatic carbocycles. The van der Waals surface area contributed by atoms with Crippen molar-refractivity contribution in [1.82, 2.24) is 44.8 Å². The lowest BCUT2D eigenvalue weighted by atomic mass is 10.1. The topological polar surface area (TPSA) is 92.9 Å². The number of piperazine rings is 1. The molecule has 9 nitrogen and oxygen atoms in total. The Morgan fingerprint density at radius 1 is 1.10 bits per heavy atom. The number of H-pyrrole nitrogens is 2. The van der Waals surface area contributed by atoms with Crippen LogP contribution >= 0.6 is 0 Å². The molecule has 0 unspecified atom stereocenters. The Morgan fingerprint density at radius 3 is 2.68 bits per heavy atom. The molecule has 0 bridgehead atoms. The molecular formula is C30H35F2N9. The molecule has 11 heteroatoms. The van der Waals surface area contributed by atoms with Gasteiger partial charge in [-0.25, -0.2) is 18.7 Å². The van der Waals surface area contributed by atoms with E-state index in [4.69, 9.17) is 9.97 Å². The molecule has 0 amide bonds. The van der Waals surface area contributed by atoms with E-state index in [0.717, 1.165) is 65.6 Å². The molecule has 6 rings (SSSR count). The number of alkyl halides is 2. The summed E-state index contributed by atoms with van der Waals surface area (Å²) in [6.45, 7) is 8.51. The van der Waals surface area contributed by atoms with Crippen LogP contribution in [0.15, 0.2) is 48.8 Å². The number of aryl methyl sites for hydroxylation is 1. The molecule has 0 atom stereocenters. The fraction of sp³-hybridized carbons (Fsp3) is 0.400. The normalized spacial score (nSPS) is 18.8. The van der Waals surface area contributed by atoms with Gasteiger partial charge in [-0.15, -0.1) is 0 Å². The third-order valence-electron chi connectivity index (χ3n) is 7.80. The van der Waals surface area contributed by atoms with Crippen molar-refractivity contribution < 1.29 is 8.78 Å². The predicted octanol–water partition coefficient (Wildman–Crippen LogP) is 4.72. The highest BCUT2D eigenvalue weighted by Gasteiger charge is 2.38. The third-order valence-corrected chi connectivity index (χ3v) is 7.80. The zero-order chi connectivity index (χ0) is 28.6. The Kier molecular flexibility index (Phi) is 7.39. The van der Waals surface area contributed by atoms with Crippen molar-refractivity contribution in [1.29, 1.82) is 0 Å². The molecule has 4 aromatic heterocycles. The SMILES string of the molecule is C/C=C\C=C(/c1nc(-c2n[nH]c3ccc(-c4cncc(CN5CCC(F)(F)C5)c4)nc23)[nH]c1C)N1CCN(C)CC1. The summed E-state index contributed by atoms with van der Waals surface area (Å²) in [4.78, 5) is 24.3. The van der Waals surface area contributed by atoms with Gasteiger partial charge in [-0.2, -0.15) is 5.10 Å². The lowest BCUT2D eigenvalue weighted by molar-refractivity contribution is 0.0115. The molecule has 2 N–H and O–H groups in total. The molecular weight excluding hydrogens is 524 g/mol. The summed E-state index contributed by atoms with van der Waals surface area (Å²) in [6, 6.07) is 5.83. The smallest absolute Gasteiger partial charge is 0.261 e. The number of likely N-dealkylation sites (tertiary alicyclic amines) is 1. The molecule has 214 valence electrons. The van der Waals surface area contributed by atoms with Crippen LogP contribution in [0, 0.1) is 6.92 Å². The van der Waals surface area contributed by atoms with Crippen molar-refractivity contribution in [3.8, 4) is 22.8 Å². The summed E-state index contributed by atoms with van der Waals surface area (Å²) in [6.07, 6.45) is 9.58. The van der Waals surface area contributed by atoms with E-state index in [2.05, 4.69) is 49.2 Å². The maximum Gasteiger partial charge on any atom is 0.261 e. The standard InChI is InChI=1S/C30H35F2N9/c1-4-5-6-25(41-13-11-39(3)12-14-41)26-20(2)34-29(36-26)28-27-24(37-38-28)8-7-23(35-27)22-15-21(16-33-17-22)18-40-10-9-30(31,32)19-40/h4-8,15-17H,9-14,18-19H2,1-3H3,(H,34,36)(H,37,38)/b5-4-,25-6+. The Hall–Kier alpha value is -3.96. The molecule has 4 aromatic rings. The monoisotopic (exact) mass is 559 g/mol. The first kappa shape index (κ1) is 27.2. The minimum Gasteiger partial charge on any atom is -0.367 e. The fourth-order valence-corrected chi connectivity index (χ4v) is 5.53. The molecule has 0 saturated carbocycles. The van der Waals surface area contributed by atoms with Crippen molar-refractivity contribution >= 4 is 16.7 Å². The molecule has 2 aliphatic rings. The lowest BCUT2D eigenvalue weighted by Crippen LogP contribution is -2.43. The summed E-state index contributed by atoms with van der Waals surface area (Å²) in [5.41, 5.74) is 7.53. The van der Waals surface area contributed by atoms with Gasteiger partial charge in [0, 0.05) is 69.3 Å². The molecule has 0 spiro atoms. The average Bonchev–Trinajstić information content (AvgIpc) is 3.65. The summed E-state index contributed by atoms with van der Waals surface area (Å²) >= 11 is 0. The molecule has 2 fully saturated rings. The van der Waals surface area contributed by atoms with E-state index in [1.807, 2.05) is 38.1 Å². The van der Waals surface area contributed by atoms with E-state index in [0.29, 0.717) is 30.1 Å². The number of aromatic amines is 2. The number of nitrogens with one attached hydrogen (secondary N) is 2. The molecule has 0 radical (unpaired) electrons. The van der Waals surface area contributed by atoms with Crippen LogP contribution in [0.3, 0.4) is 0 Å². The minimum absolute atomic E-state index is 0.0997. The second-order valence-electron chi connectivity index (χ2n) is 11.0. The van der Waals surface area contributed by atoms with Crippen molar-refractivity contribution in [2.45, 2.75) is 32.7 Å². The highest BCUT2D eigenvalue weighted by molar-refractivity contribution is 5.89. The zero-order valence-electron chi connectivity index (χ0n) is 23.7. The number of allylic oxidation sites excluding steroid dienone is 3. The molecule has 41 heavy (non-hydrogen) atoms. The van der Waals surface area contributed by atoms with Gasteiger partial charge in [-0.3, -0.25) is 15.0 Å². The maximum absolute atomic E-state index is 13.7. The number of fused-ring (bicyclic) bond motifs is 1. The van der Waals surface area contributed by atoms with E-state index in [-0.39, 0.29) is 13.0 Å². The Bertz CT molecular complexity index is 1590. The Balaban J connectivity index is 1.30. The van der Waals surface area contributed by atoms with Crippen LogP contribution < -0.4 is 0 Å². The number of rotatable bonds is 7. The number of pyridine rings is 2. The predicted molar refractivity (Wildman–Crippen MR) is 156 cm³/mol. The average molecular weight is 560 g/mol. The van der Waals surface area contributed by atoms with Gasteiger partial charge < -0.3 is 14.8 Å². The van der Waals surface area contributed by atoms with Crippen LogP contribution in [0.5, 0.6) is 0 Å². The minimum atomic E-state index is -2.62. The van der Waals surface area contributed by atoms with Crippen LogP contribution in [0.25, 0.3) is 39.5 Å². The van der Waals surface area contributed by atoms with Crippen LogP contribution in [-0.4, -0.2) is 97.1 Å². The summed E-state index contributed by atoms with van der Waals surface area (Å²) < 4.78 is 27.4. The van der Waals surface area contributed by atoms with E-state index in [1.54, 1.807) is 17.3 Å². The number of nitrogens with zero attached hydrogens (tertiary/aromatic N) is 7. The van der Waals surface area contributed by atoms with E-state index < -0.39 is 5.92 Å². The summed E-state index contributed by atoms with van der Waals surface area (Å²) in [5, 5.41) is 7.66. The molecule has 0 aliphatic carbocycles. The Labute approximate surface area is 238 Å². The zero-order valence-corrected chi connectivity index (χ0v) is 23.7. The van der Waals surface area contributed by atoms with Gasteiger partial charge >= 0.3 is 0 Å². The molecule has 2 aliphatic heterocycles. The van der Waals surface area contributed by atoms with Crippen molar-refractivity contribution in [3.63, 3.8) is 0 Å². The molecule has 6 heterocycles. The number of likely N-dealkylation sites (N-methyl/N-ethyl adjacent to an activating group) is 1. The maximum atomic E-state index is 13.7. The van der Waals surface area contributed by atoms with Crippen LogP contribution in [-0.2, 0) is 6.54 Å². The number of hydrogen-bond acceptors (Lipinski definition) is 7. The largest absolute Gasteiger partial charge is 0.367 e. The highest BCUT2D eigenvalue weighted by atomic mass is 19.3. The van der Waals surface area contributed by atoms with Gasteiger partial charge in [0.1, 0.15) is 11.2 Å². The second-order valence-corrected chi connectivity index (χ2v) is 11.0. The number of hydrogen-bond donors (Lipinski definition) is 2. The lowest BCUT2D eigenvalue weighted by Gasteiger charge is -2.35. The van der Waals surface area contributed by atoms with E-state index >= 15 is 0 Å². The number of aromatic nitrogens is 6. The van der Waals surface area contributed by atoms with Gasteiger partial charge in [0.05, 0.1) is 23.5 Å². The van der Waals surface area contributed by atoms with Crippen molar-refractivity contribution in [2.24, 2.45) is 0 Å². The van der Waals surface area contributed by atoms with Crippen LogP contribution in [0.2, 0.25) is 0 Å². The Morgan fingerprint density at radius 2 is 1.93 bits per heavy atom. The molecule has 2 saturated heterocycles. The first-order valence-electron chi connectivity index (χ1n) is 14.0. The van der Waals surface area contributed by atoms with E-state index in [9.17, 15) is 8.78 Å². The van der Waals surface area contributed by atoms with Crippen molar-refractivity contribution in [2.75, 3.05) is 46.3 Å². The van der Waals surface area contributed by atoms with Crippen molar-refractivity contribution in [3.05, 3.63) is 65.8 Å². The van der Waals surface area contributed by atoms with E-state index in [1.165, 1.54) is 0 Å². The summed E-state index contributed by atoms with van der Waals surface area (Å²) in [7, 11) is 2.15. The number of halogens is 2. The highest BCUT2D eigenvalue weighted by Crippen LogP contribution is 2.31. The van der Waals surface area contributed by atoms with Gasteiger partial charge in [0.2, 0.25) is 0 Å². The first-order valence-corrected chi connectivity index (χ1v) is 14.0. The number of imidazole rings is 1. The van der Waals surface area contributed by atoms with Gasteiger partial charge in [-0.1, -0.05) is 12.2 Å².